The van der Waals surface area contributed by atoms with Gasteiger partial charge >= 0.3 is 5.69 Å². The fourth-order valence-corrected chi connectivity index (χ4v) is 2.44. The molecule has 1 heterocycles. The summed E-state index contributed by atoms with van der Waals surface area (Å²) < 4.78 is 6.21. The van der Waals surface area contributed by atoms with E-state index in [2.05, 4.69) is 23.8 Å². The van der Waals surface area contributed by atoms with Crippen molar-refractivity contribution >= 4 is 6.21 Å². The van der Waals surface area contributed by atoms with E-state index in [0.29, 0.717) is 23.9 Å². The third-order valence-corrected chi connectivity index (χ3v) is 3.74. The van der Waals surface area contributed by atoms with Crippen molar-refractivity contribution in [1.82, 2.24) is 9.55 Å². The average Bonchev–Trinajstić information content (AvgIpc) is 2.57. The molecule has 0 radical (unpaired) electrons. The van der Waals surface area contributed by atoms with E-state index >= 15 is 0 Å². The number of aliphatic imine (C=N–C) groups is 1. The number of hydrogen-bond acceptors (Lipinski definition) is 5. The number of nitrogens with one attached hydrogen (secondary N) is 1. The molecule has 1 aromatic heterocycles. The van der Waals surface area contributed by atoms with E-state index in [4.69, 9.17) is 4.74 Å². The molecule has 0 aliphatic carbocycles. The first kappa shape index (κ1) is 18.5. The van der Waals surface area contributed by atoms with Gasteiger partial charge in [0.1, 0.15) is 11.3 Å². The van der Waals surface area contributed by atoms with Crippen molar-refractivity contribution in [3.63, 3.8) is 0 Å². The Kier molecular flexibility index (Phi) is 6.16. The van der Waals surface area contributed by atoms with Gasteiger partial charge in [-0.1, -0.05) is 26.0 Å². The summed E-state index contributed by atoms with van der Waals surface area (Å²) in [7, 11) is 1.46. The molecule has 0 spiro atoms. The molecule has 0 aliphatic rings. The summed E-state index contributed by atoms with van der Waals surface area (Å²) in [6.45, 7) is 4.80. The third-order valence-electron chi connectivity index (χ3n) is 3.74. The number of nitrogens with zero attached hydrogens (tertiary/aromatic N) is 2. The van der Waals surface area contributed by atoms with Crippen LogP contribution in [0.25, 0.3) is 5.69 Å². The molecule has 0 unspecified atom stereocenters. The molecule has 0 atom stereocenters. The van der Waals surface area contributed by atoms with Crippen LogP contribution in [0, 0.1) is 5.92 Å². The highest BCUT2D eigenvalue weighted by Gasteiger charge is 2.16. The van der Waals surface area contributed by atoms with Crippen LogP contribution < -0.4 is 16.0 Å². The van der Waals surface area contributed by atoms with Gasteiger partial charge < -0.3 is 9.84 Å². The largest absolute Gasteiger partial charge is 0.495 e. The third kappa shape index (κ3) is 4.37. The van der Waals surface area contributed by atoms with Crippen molar-refractivity contribution in [2.75, 3.05) is 13.7 Å². The van der Waals surface area contributed by atoms with Crippen molar-refractivity contribution < 1.29 is 9.84 Å². The fraction of sp³-hybridized carbons (Fsp3) is 0.389. The first-order chi connectivity index (χ1) is 12.0. The minimum absolute atomic E-state index is 0.0601. The van der Waals surface area contributed by atoms with Crippen LogP contribution >= 0.6 is 0 Å². The normalized spacial score (nSPS) is 11.4. The van der Waals surface area contributed by atoms with Crippen molar-refractivity contribution in [2.24, 2.45) is 10.9 Å². The zero-order valence-corrected chi connectivity index (χ0v) is 14.7. The first-order valence-corrected chi connectivity index (χ1v) is 8.17. The molecule has 0 saturated heterocycles. The molecule has 1 aromatic carbocycles. The summed E-state index contributed by atoms with van der Waals surface area (Å²) >= 11 is 0. The van der Waals surface area contributed by atoms with Crippen LogP contribution in [0.1, 0.15) is 32.3 Å². The lowest BCUT2D eigenvalue weighted by molar-refractivity contribution is 0.401. The number of aromatic nitrogens is 2. The molecule has 0 fully saturated rings. The van der Waals surface area contributed by atoms with Gasteiger partial charge in [-0.05, 0) is 30.9 Å². The highest BCUT2D eigenvalue weighted by Crippen LogP contribution is 2.24. The minimum atomic E-state index is -0.746. The van der Waals surface area contributed by atoms with Crippen molar-refractivity contribution in [3.05, 3.63) is 50.7 Å². The molecule has 25 heavy (non-hydrogen) atoms. The second-order valence-corrected chi connectivity index (χ2v) is 6.08. The lowest BCUT2D eigenvalue weighted by Crippen LogP contribution is -2.31. The van der Waals surface area contributed by atoms with E-state index in [1.54, 1.807) is 24.3 Å². The number of ether oxygens (including phenoxy) is 1. The van der Waals surface area contributed by atoms with E-state index in [1.165, 1.54) is 13.3 Å². The van der Waals surface area contributed by atoms with Crippen LogP contribution in [-0.2, 0) is 0 Å². The number of methoxy groups -OCH3 is 1. The van der Waals surface area contributed by atoms with E-state index in [-0.39, 0.29) is 5.56 Å². The average molecular weight is 345 g/mol. The highest BCUT2D eigenvalue weighted by molar-refractivity contribution is 5.82. The SMILES string of the molecule is COc1ccccc1-n1c(O)c(C=NCCCC(C)C)c(=O)[nH]c1=O. The molecule has 0 saturated carbocycles. The standard InChI is InChI=1S/C18H23N3O4/c1-12(2)7-6-10-19-11-13-16(22)20-18(24)21(17(13)23)14-8-4-5-9-15(14)25-3/h4-5,8-9,11-12,23H,6-7,10H2,1-3H3,(H,20,22,24). The molecule has 0 aliphatic heterocycles. The van der Waals surface area contributed by atoms with Gasteiger partial charge in [-0.3, -0.25) is 14.8 Å². The molecule has 134 valence electrons. The van der Waals surface area contributed by atoms with E-state index in [1.807, 2.05) is 0 Å². The molecule has 2 N–H and O–H groups in total. The van der Waals surface area contributed by atoms with Crippen LogP contribution in [0.2, 0.25) is 0 Å². The molecule has 2 aromatic rings. The van der Waals surface area contributed by atoms with Gasteiger partial charge in [-0.2, -0.15) is 0 Å². The van der Waals surface area contributed by atoms with Crippen molar-refractivity contribution in [2.45, 2.75) is 26.7 Å². The van der Waals surface area contributed by atoms with Gasteiger partial charge in [-0.15, -0.1) is 0 Å². The Balaban J connectivity index is 2.42. The molecule has 7 nitrogen and oxygen atoms in total. The van der Waals surface area contributed by atoms with E-state index in [0.717, 1.165) is 17.4 Å². The summed E-state index contributed by atoms with van der Waals surface area (Å²) in [5, 5.41) is 10.5. The number of hydrogen-bond donors (Lipinski definition) is 2. The maximum Gasteiger partial charge on any atom is 0.335 e. The van der Waals surface area contributed by atoms with Gasteiger partial charge in [0.05, 0.1) is 12.8 Å². The Bertz CT molecular complexity index is 865. The van der Waals surface area contributed by atoms with Gasteiger partial charge in [-0.25, -0.2) is 9.36 Å². The van der Waals surface area contributed by atoms with Crippen LogP contribution in [-0.4, -0.2) is 34.5 Å². The zero-order chi connectivity index (χ0) is 18.4. The zero-order valence-electron chi connectivity index (χ0n) is 14.7. The Morgan fingerprint density at radius 2 is 2.04 bits per heavy atom. The van der Waals surface area contributed by atoms with Crippen LogP contribution in [0.15, 0.2) is 38.8 Å². The second-order valence-electron chi connectivity index (χ2n) is 6.08. The summed E-state index contributed by atoms with van der Waals surface area (Å²) in [5.74, 6) is 0.511. The quantitative estimate of drug-likeness (QED) is 0.593. The summed E-state index contributed by atoms with van der Waals surface area (Å²) in [5.41, 5.74) is -1.15. The van der Waals surface area contributed by atoms with Crippen molar-refractivity contribution in [1.29, 1.82) is 0 Å². The summed E-state index contributed by atoms with van der Waals surface area (Å²) in [6.07, 6.45) is 3.22. The number of aromatic amines is 1. The van der Waals surface area contributed by atoms with Crippen LogP contribution in [0.4, 0.5) is 0 Å². The Morgan fingerprint density at radius 3 is 2.72 bits per heavy atom. The summed E-state index contributed by atoms with van der Waals surface area (Å²) in [6, 6.07) is 6.72. The topological polar surface area (TPSA) is 96.7 Å². The summed E-state index contributed by atoms with van der Waals surface area (Å²) in [4.78, 5) is 30.6. The van der Waals surface area contributed by atoms with Gasteiger partial charge in [0, 0.05) is 12.8 Å². The van der Waals surface area contributed by atoms with Gasteiger partial charge in [0.15, 0.2) is 0 Å². The Morgan fingerprint density at radius 1 is 1.32 bits per heavy atom. The smallest absolute Gasteiger partial charge is 0.335 e. The first-order valence-electron chi connectivity index (χ1n) is 8.17. The maximum atomic E-state index is 12.2. The predicted molar refractivity (Wildman–Crippen MR) is 97.4 cm³/mol. The number of benzene rings is 1. The van der Waals surface area contributed by atoms with Crippen molar-refractivity contribution in [3.8, 4) is 17.3 Å². The predicted octanol–water partition coefficient (Wildman–Crippen LogP) is 2.10. The monoisotopic (exact) mass is 345 g/mol. The lowest BCUT2D eigenvalue weighted by Gasteiger charge is -2.12. The maximum absolute atomic E-state index is 12.2. The van der Waals surface area contributed by atoms with Crippen LogP contribution in [0.3, 0.4) is 0 Å². The number of H-pyrrole nitrogens is 1. The molecule has 7 heteroatoms. The van der Waals surface area contributed by atoms with Gasteiger partial charge in [0.25, 0.3) is 5.56 Å². The molecule has 0 amide bonds. The van der Waals surface area contributed by atoms with E-state index in [9.17, 15) is 14.7 Å². The highest BCUT2D eigenvalue weighted by atomic mass is 16.5. The number of rotatable bonds is 7. The fourth-order valence-electron chi connectivity index (χ4n) is 2.44. The van der Waals surface area contributed by atoms with E-state index < -0.39 is 17.1 Å². The molecular formula is C18H23N3O4. The Hall–Kier alpha value is -2.83. The Labute approximate surface area is 145 Å². The molecular weight excluding hydrogens is 322 g/mol. The van der Waals surface area contributed by atoms with Gasteiger partial charge in [0.2, 0.25) is 5.88 Å². The van der Waals surface area contributed by atoms with Crippen LogP contribution in [0.5, 0.6) is 11.6 Å². The second kappa shape index (κ2) is 8.32. The number of para-hydroxylation sites is 2. The number of aromatic hydroxyl groups is 1. The molecule has 2 rings (SSSR count). The molecule has 0 bridgehead atoms. The minimum Gasteiger partial charge on any atom is -0.495 e. The lowest BCUT2D eigenvalue weighted by atomic mass is 10.1.